The summed E-state index contributed by atoms with van der Waals surface area (Å²) in [7, 11) is -3.81. The summed E-state index contributed by atoms with van der Waals surface area (Å²) in [6.07, 6.45) is 0. The van der Waals surface area contributed by atoms with Crippen LogP contribution >= 0.6 is 14.5 Å². The summed E-state index contributed by atoms with van der Waals surface area (Å²) >= 11 is 0. The molecule has 0 nitrogen and oxygen atoms in total. The molecule has 0 heterocycles. The van der Waals surface area contributed by atoms with E-state index in [1.165, 1.54) is 42.4 Å². The minimum atomic E-state index is -1.91. The van der Waals surface area contributed by atoms with Crippen LogP contribution in [0.1, 0.15) is 0 Å². The maximum atomic E-state index is 2.28. The fraction of sp³-hybridized carbons (Fsp3) is 0. The fourth-order valence-corrected chi connectivity index (χ4v) is 15.5. The molecule has 8 rings (SSSR count). The lowest BCUT2D eigenvalue weighted by molar-refractivity contribution is -0.00100. The van der Waals surface area contributed by atoms with Crippen molar-refractivity contribution in [2.45, 2.75) is 0 Å². The molecule has 0 radical (unpaired) electrons. The molecular formula is C48H42Br3ClP2. The first kappa shape index (κ1) is 44.7. The van der Waals surface area contributed by atoms with Crippen molar-refractivity contribution < 1.29 is 63.4 Å². The fourth-order valence-electron chi connectivity index (χ4n) is 7.00. The SMILES string of the molecule is [Br-].[Br-].[Br-].[ClH2+].c1ccc([P+](c2ccccc2)(c2ccccc2)c2ccccc2)cc1.c1ccc([P+](c2ccccc2)(c2ccccc2)c2ccccc2)cc1. The van der Waals surface area contributed by atoms with Gasteiger partial charge in [-0.15, -0.1) is 0 Å². The van der Waals surface area contributed by atoms with Gasteiger partial charge in [-0.1, -0.05) is 146 Å². The monoisotopic (exact) mass is 952 g/mol. The van der Waals surface area contributed by atoms with Crippen LogP contribution in [0.4, 0.5) is 0 Å². The molecule has 0 atom stereocenters. The van der Waals surface area contributed by atoms with E-state index in [-0.39, 0.29) is 63.4 Å². The van der Waals surface area contributed by atoms with Gasteiger partial charge in [-0.2, -0.15) is 0 Å². The quantitative estimate of drug-likeness (QED) is 0.174. The van der Waals surface area contributed by atoms with Gasteiger partial charge in [0.25, 0.3) is 0 Å². The van der Waals surface area contributed by atoms with E-state index in [1.54, 1.807) is 0 Å². The predicted octanol–water partition coefficient (Wildman–Crippen LogP) is -0.911. The van der Waals surface area contributed by atoms with E-state index in [0.717, 1.165) is 0 Å². The Labute approximate surface area is 360 Å². The molecule has 0 bridgehead atoms. The first-order valence-corrected chi connectivity index (χ1v) is 20.7. The molecule has 0 saturated heterocycles. The summed E-state index contributed by atoms with van der Waals surface area (Å²) in [5.41, 5.74) is 0. The van der Waals surface area contributed by atoms with Crippen molar-refractivity contribution in [2.75, 3.05) is 0 Å². The maximum Gasteiger partial charge on any atom is 0.144 e. The van der Waals surface area contributed by atoms with Crippen LogP contribution in [0.15, 0.2) is 243 Å². The molecule has 0 aliphatic carbocycles. The topological polar surface area (TPSA) is 0 Å². The molecule has 0 fully saturated rings. The summed E-state index contributed by atoms with van der Waals surface area (Å²) in [6, 6.07) is 87.7. The van der Waals surface area contributed by atoms with E-state index in [0.29, 0.717) is 0 Å². The van der Waals surface area contributed by atoms with Crippen molar-refractivity contribution in [3.8, 4) is 0 Å². The minimum Gasteiger partial charge on any atom is -1.00 e. The summed E-state index contributed by atoms with van der Waals surface area (Å²) in [6.45, 7) is 0. The Morgan fingerprint density at radius 3 is 0.352 bits per heavy atom. The molecule has 0 unspecified atom stereocenters. The van der Waals surface area contributed by atoms with Gasteiger partial charge in [0.2, 0.25) is 0 Å². The molecule has 272 valence electrons. The van der Waals surface area contributed by atoms with Gasteiger partial charge < -0.3 is 50.9 Å². The number of rotatable bonds is 8. The van der Waals surface area contributed by atoms with E-state index >= 15 is 0 Å². The number of halogens is 4. The Kier molecular flexibility index (Phi) is 18.3. The zero-order chi connectivity index (χ0) is 33.9. The van der Waals surface area contributed by atoms with Gasteiger partial charge in [0.15, 0.2) is 0 Å². The van der Waals surface area contributed by atoms with Crippen LogP contribution < -0.4 is 93.4 Å². The first-order valence-electron chi connectivity index (χ1n) is 17.1. The molecule has 0 aliphatic rings. The smallest absolute Gasteiger partial charge is 0.144 e. The standard InChI is InChI=1S/2C24H20P.3BrH.ClH2/c2*1-5-13-21(14-6-1)25(22-15-7-2-8-16-22,23-17-9-3-10-18-23)24-19-11-4-12-20-24;;;;/h2*1-20H;3*1H;1H2/q2*+1;;;;+1/p-3. The van der Waals surface area contributed by atoms with Crippen molar-refractivity contribution >= 4 is 57.0 Å². The van der Waals surface area contributed by atoms with E-state index in [4.69, 9.17) is 0 Å². The van der Waals surface area contributed by atoms with E-state index < -0.39 is 14.5 Å². The highest BCUT2D eigenvalue weighted by molar-refractivity contribution is 8.02. The Bertz CT molecular complexity index is 1690. The second-order valence-electron chi connectivity index (χ2n) is 12.0. The van der Waals surface area contributed by atoms with Crippen LogP contribution in [0.2, 0.25) is 0 Å². The highest BCUT2D eigenvalue weighted by Crippen LogP contribution is 2.55. The Hall–Kier alpha value is -3.65. The van der Waals surface area contributed by atoms with Crippen molar-refractivity contribution in [2.24, 2.45) is 0 Å². The third-order valence-corrected chi connectivity index (χ3v) is 17.7. The van der Waals surface area contributed by atoms with Gasteiger partial charge in [-0.3, -0.25) is 0 Å². The van der Waals surface area contributed by atoms with Gasteiger partial charge in [0, 0.05) is 0 Å². The maximum absolute atomic E-state index is 2.28. The molecule has 6 heteroatoms. The molecule has 8 aromatic rings. The van der Waals surface area contributed by atoms with E-state index in [9.17, 15) is 0 Å². The highest BCUT2D eigenvalue weighted by atomic mass is 79.9. The first-order chi connectivity index (χ1) is 24.8. The third-order valence-electron chi connectivity index (χ3n) is 9.15. The Balaban J connectivity index is 0.000000270. The lowest BCUT2D eigenvalue weighted by Crippen LogP contribution is -3.00. The zero-order valence-corrected chi connectivity index (χ0v) is 37.0. The van der Waals surface area contributed by atoms with Gasteiger partial charge in [0.05, 0.1) is 12.4 Å². The van der Waals surface area contributed by atoms with Crippen LogP contribution in [-0.4, -0.2) is 0 Å². The summed E-state index contributed by atoms with van der Waals surface area (Å²) in [4.78, 5) is 0. The molecule has 0 saturated carbocycles. The molecule has 0 spiro atoms. The number of benzene rings is 8. The second-order valence-corrected chi connectivity index (χ2v) is 18.8. The predicted molar refractivity (Wildman–Crippen MR) is 225 cm³/mol. The van der Waals surface area contributed by atoms with Crippen LogP contribution in [0.3, 0.4) is 0 Å². The molecule has 8 aromatic carbocycles. The van der Waals surface area contributed by atoms with Gasteiger partial charge in [-0.05, 0) is 97.1 Å². The Morgan fingerprint density at radius 2 is 0.259 bits per heavy atom. The average Bonchev–Trinajstić information content (AvgIpc) is 3.22. The summed E-state index contributed by atoms with van der Waals surface area (Å²) in [5, 5.41) is 11.1. The van der Waals surface area contributed by atoms with Gasteiger partial charge >= 0.3 is 0 Å². The lowest BCUT2D eigenvalue weighted by atomic mass is 10.3. The van der Waals surface area contributed by atoms with E-state index in [2.05, 4.69) is 243 Å². The van der Waals surface area contributed by atoms with Crippen LogP contribution in [0.5, 0.6) is 0 Å². The molecule has 0 aromatic heterocycles. The van der Waals surface area contributed by atoms with Crippen LogP contribution in [0.25, 0.3) is 0 Å². The highest BCUT2D eigenvalue weighted by Gasteiger charge is 2.48. The average molecular weight is 956 g/mol. The number of hydrogen-bond acceptors (Lipinski definition) is 0. The third kappa shape index (κ3) is 9.23. The lowest BCUT2D eigenvalue weighted by Gasteiger charge is -2.27. The van der Waals surface area contributed by atoms with Crippen LogP contribution in [0, 0.1) is 12.4 Å². The normalized spacial score (nSPS) is 10.4. The molecule has 54 heavy (non-hydrogen) atoms. The van der Waals surface area contributed by atoms with Crippen molar-refractivity contribution in [3.05, 3.63) is 243 Å². The van der Waals surface area contributed by atoms with Crippen molar-refractivity contribution in [1.82, 2.24) is 0 Å². The van der Waals surface area contributed by atoms with Crippen LogP contribution in [-0.2, 0) is 0 Å². The number of hydrogen-bond donors (Lipinski definition) is 0. The molecule has 0 N–H and O–H groups in total. The largest absolute Gasteiger partial charge is 1.00 e. The molecular weight excluding hydrogens is 914 g/mol. The van der Waals surface area contributed by atoms with E-state index in [1.807, 2.05) is 0 Å². The molecule has 0 aliphatic heterocycles. The Morgan fingerprint density at radius 1 is 0.167 bits per heavy atom. The van der Waals surface area contributed by atoms with Crippen molar-refractivity contribution in [3.63, 3.8) is 0 Å². The minimum absolute atomic E-state index is 0. The van der Waals surface area contributed by atoms with Gasteiger partial charge in [-0.25, -0.2) is 0 Å². The summed E-state index contributed by atoms with van der Waals surface area (Å²) < 4.78 is 0. The molecule has 0 amide bonds. The zero-order valence-electron chi connectivity index (χ0n) is 29.6. The summed E-state index contributed by atoms with van der Waals surface area (Å²) in [5.74, 6) is 0. The second kappa shape index (κ2) is 22.0. The van der Waals surface area contributed by atoms with Gasteiger partial charge in [0.1, 0.15) is 57.0 Å². The van der Waals surface area contributed by atoms with Crippen molar-refractivity contribution in [1.29, 1.82) is 0 Å².